The first-order valence-corrected chi connectivity index (χ1v) is 5.25. The van der Waals surface area contributed by atoms with Gasteiger partial charge in [-0.2, -0.15) is 0 Å². The molecule has 1 aliphatic heterocycles. The van der Waals surface area contributed by atoms with Gasteiger partial charge >= 0.3 is 12.1 Å². The van der Waals surface area contributed by atoms with Crippen LogP contribution < -0.4 is 10.1 Å². The molecule has 0 unspecified atom stereocenters. The highest BCUT2D eigenvalue weighted by atomic mass is 16.6. The van der Waals surface area contributed by atoms with E-state index in [1.165, 1.54) is 6.08 Å². The zero-order valence-electron chi connectivity index (χ0n) is 9.58. The summed E-state index contributed by atoms with van der Waals surface area (Å²) in [6.07, 6.45) is 0.456. The minimum atomic E-state index is -1.12. The lowest BCUT2D eigenvalue weighted by atomic mass is 10.2. The molecule has 0 saturated carbocycles. The van der Waals surface area contributed by atoms with E-state index in [0.29, 0.717) is 5.56 Å². The van der Waals surface area contributed by atoms with Crippen molar-refractivity contribution in [1.29, 1.82) is 0 Å². The van der Waals surface area contributed by atoms with Crippen molar-refractivity contribution >= 4 is 24.0 Å². The Morgan fingerprint density at radius 2 is 2.11 bits per heavy atom. The number of alkyl carbamates (subject to hydrolysis) is 1. The van der Waals surface area contributed by atoms with Crippen LogP contribution in [0.2, 0.25) is 0 Å². The van der Waals surface area contributed by atoms with Gasteiger partial charge in [0.1, 0.15) is 5.75 Å². The monoisotopic (exact) mass is 263 g/mol. The molecule has 0 atom stereocenters. The van der Waals surface area contributed by atoms with E-state index in [1.54, 1.807) is 24.3 Å². The molecular weight excluding hydrogens is 254 g/mol. The Hall–Kier alpha value is -2.83. The van der Waals surface area contributed by atoms with Crippen LogP contribution in [0.25, 0.3) is 6.08 Å². The Balaban J connectivity index is 2.25. The molecular formula is C12H9NO6. The van der Waals surface area contributed by atoms with E-state index in [9.17, 15) is 14.4 Å². The summed E-state index contributed by atoms with van der Waals surface area (Å²) in [5.74, 6) is -1.67. The van der Waals surface area contributed by atoms with E-state index in [4.69, 9.17) is 9.84 Å². The van der Waals surface area contributed by atoms with Gasteiger partial charge in [0, 0.05) is 5.56 Å². The number of nitrogens with one attached hydrogen (secondary N) is 1. The molecule has 1 aliphatic rings. The number of amides is 2. The van der Waals surface area contributed by atoms with Gasteiger partial charge in [-0.1, -0.05) is 18.2 Å². The first-order chi connectivity index (χ1) is 9.06. The average molecular weight is 263 g/mol. The standard InChI is InChI=1S/C12H9NO6/c14-10(15)6-18-8-4-2-1-3-7(8)5-9-11(16)13-12(17)19-9/h1-5H,6H2,(H,14,15)(H,13,16,17). The number of aliphatic carboxylic acids is 1. The Morgan fingerprint density at radius 3 is 2.74 bits per heavy atom. The SMILES string of the molecule is O=C(O)COc1ccccc1C=C1OC(=O)NC1=O. The molecule has 1 saturated heterocycles. The Bertz CT molecular complexity index is 577. The number of para-hydroxylation sites is 1. The molecule has 0 radical (unpaired) electrons. The zero-order valence-corrected chi connectivity index (χ0v) is 9.58. The molecule has 98 valence electrons. The predicted octanol–water partition coefficient (Wildman–Crippen LogP) is 0.757. The first-order valence-electron chi connectivity index (χ1n) is 5.25. The molecule has 1 heterocycles. The predicted molar refractivity (Wildman–Crippen MR) is 62.2 cm³/mol. The van der Waals surface area contributed by atoms with Gasteiger partial charge in [0.2, 0.25) is 0 Å². The maximum absolute atomic E-state index is 11.3. The van der Waals surface area contributed by atoms with Gasteiger partial charge in [0.05, 0.1) is 0 Å². The third-order valence-electron chi connectivity index (χ3n) is 2.20. The van der Waals surface area contributed by atoms with Crippen LogP contribution >= 0.6 is 0 Å². The van der Waals surface area contributed by atoms with Crippen LogP contribution in [-0.4, -0.2) is 29.7 Å². The molecule has 1 fully saturated rings. The third-order valence-corrected chi connectivity index (χ3v) is 2.20. The number of ether oxygens (including phenoxy) is 2. The third kappa shape index (κ3) is 3.09. The minimum Gasteiger partial charge on any atom is -0.481 e. The molecule has 2 amide bonds. The van der Waals surface area contributed by atoms with E-state index < -0.39 is 24.6 Å². The van der Waals surface area contributed by atoms with E-state index in [0.717, 1.165) is 0 Å². The molecule has 7 heteroatoms. The molecule has 1 aromatic rings. The van der Waals surface area contributed by atoms with Gasteiger partial charge < -0.3 is 14.6 Å². The fourth-order valence-electron chi connectivity index (χ4n) is 1.43. The second-order valence-corrected chi connectivity index (χ2v) is 3.57. The van der Waals surface area contributed by atoms with Gasteiger partial charge in [-0.05, 0) is 12.1 Å². The van der Waals surface area contributed by atoms with E-state index >= 15 is 0 Å². The number of carboxylic acid groups (broad SMARTS) is 1. The lowest BCUT2D eigenvalue weighted by Gasteiger charge is -2.06. The summed E-state index contributed by atoms with van der Waals surface area (Å²) in [6.45, 7) is -0.508. The summed E-state index contributed by atoms with van der Waals surface area (Å²) in [4.78, 5) is 32.6. The topological polar surface area (TPSA) is 102 Å². The van der Waals surface area contributed by atoms with Crippen LogP contribution in [-0.2, 0) is 14.3 Å². The second-order valence-electron chi connectivity index (χ2n) is 3.57. The van der Waals surface area contributed by atoms with Gasteiger partial charge in [0.25, 0.3) is 5.91 Å². The lowest BCUT2D eigenvalue weighted by Crippen LogP contribution is -2.18. The van der Waals surface area contributed by atoms with Crippen LogP contribution in [0.5, 0.6) is 5.75 Å². The van der Waals surface area contributed by atoms with Crippen LogP contribution in [0.3, 0.4) is 0 Å². The molecule has 2 rings (SSSR count). The first kappa shape index (κ1) is 12.6. The fourth-order valence-corrected chi connectivity index (χ4v) is 1.43. The highest BCUT2D eigenvalue weighted by molar-refractivity contribution is 6.10. The highest BCUT2D eigenvalue weighted by Crippen LogP contribution is 2.22. The number of carbonyl (C=O) groups is 3. The summed E-state index contributed by atoms with van der Waals surface area (Å²) < 4.78 is 9.70. The number of rotatable bonds is 4. The minimum absolute atomic E-state index is 0.170. The van der Waals surface area contributed by atoms with Gasteiger partial charge in [-0.25, -0.2) is 9.59 Å². The number of carbonyl (C=O) groups excluding carboxylic acids is 2. The maximum Gasteiger partial charge on any atom is 0.419 e. The lowest BCUT2D eigenvalue weighted by molar-refractivity contribution is -0.139. The number of hydrogen-bond donors (Lipinski definition) is 2. The number of hydrogen-bond acceptors (Lipinski definition) is 5. The number of cyclic esters (lactones) is 1. The Morgan fingerprint density at radius 1 is 1.37 bits per heavy atom. The summed E-state index contributed by atoms with van der Waals surface area (Å²) >= 11 is 0. The summed E-state index contributed by atoms with van der Waals surface area (Å²) in [6, 6.07) is 6.47. The Labute approximate surface area is 107 Å². The van der Waals surface area contributed by atoms with Gasteiger partial charge in [-0.3, -0.25) is 10.1 Å². The van der Waals surface area contributed by atoms with Gasteiger partial charge in [-0.15, -0.1) is 0 Å². The van der Waals surface area contributed by atoms with Crippen molar-refractivity contribution in [3.8, 4) is 5.75 Å². The molecule has 7 nitrogen and oxygen atoms in total. The summed E-state index contributed by atoms with van der Waals surface area (Å²) in [5.41, 5.74) is 0.434. The van der Waals surface area contributed by atoms with Crippen LogP contribution in [0, 0.1) is 0 Å². The van der Waals surface area contributed by atoms with E-state index in [2.05, 4.69) is 4.74 Å². The molecule has 0 aliphatic carbocycles. The molecule has 19 heavy (non-hydrogen) atoms. The van der Waals surface area contributed by atoms with E-state index in [-0.39, 0.29) is 11.5 Å². The molecule has 1 aromatic carbocycles. The van der Waals surface area contributed by atoms with Crippen molar-refractivity contribution in [1.82, 2.24) is 5.32 Å². The molecule has 2 N–H and O–H groups in total. The van der Waals surface area contributed by atoms with Crippen molar-refractivity contribution in [3.05, 3.63) is 35.6 Å². The van der Waals surface area contributed by atoms with Crippen molar-refractivity contribution in [2.45, 2.75) is 0 Å². The smallest absolute Gasteiger partial charge is 0.419 e. The number of benzene rings is 1. The van der Waals surface area contributed by atoms with Crippen molar-refractivity contribution in [3.63, 3.8) is 0 Å². The average Bonchev–Trinajstić information content (AvgIpc) is 2.67. The molecule has 0 aromatic heterocycles. The quantitative estimate of drug-likeness (QED) is 0.777. The van der Waals surface area contributed by atoms with E-state index in [1.807, 2.05) is 5.32 Å². The largest absolute Gasteiger partial charge is 0.481 e. The second kappa shape index (κ2) is 5.21. The van der Waals surface area contributed by atoms with Crippen LogP contribution in [0.1, 0.15) is 5.56 Å². The zero-order chi connectivity index (χ0) is 13.8. The van der Waals surface area contributed by atoms with Gasteiger partial charge in [0.15, 0.2) is 12.4 Å². The number of carboxylic acids is 1. The fraction of sp³-hybridized carbons (Fsp3) is 0.0833. The normalized spacial score (nSPS) is 16.1. The van der Waals surface area contributed by atoms with Crippen molar-refractivity contribution < 1.29 is 29.0 Å². The molecule has 0 spiro atoms. The van der Waals surface area contributed by atoms with Crippen molar-refractivity contribution in [2.24, 2.45) is 0 Å². The molecule has 0 bridgehead atoms. The number of imide groups is 1. The van der Waals surface area contributed by atoms with Crippen molar-refractivity contribution in [2.75, 3.05) is 6.61 Å². The summed E-state index contributed by atoms with van der Waals surface area (Å²) in [5, 5.41) is 10.5. The van der Waals surface area contributed by atoms with Crippen LogP contribution in [0.4, 0.5) is 4.79 Å². The van der Waals surface area contributed by atoms with Crippen LogP contribution in [0.15, 0.2) is 30.0 Å². The Kier molecular flexibility index (Phi) is 3.46. The highest BCUT2D eigenvalue weighted by Gasteiger charge is 2.26. The maximum atomic E-state index is 11.3. The summed E-state index contributed by atoms with van der Waals surface area (Å²) in [7, 11) is 0.